The summed E-state index contributed by atoms with van der Waals surface area (Å²) in [5, 5.41) is 11.7. The van der Waals surface area contributed by atoms with Crippen molar-refractivity contribution in [1.82, 2.24) is 14.8 Å². The van der Waals surface area contributed by atoms with Crippen LogP contribution in [0.15, 0.2) is 48.7 Å². The molecule has 0 aliphatic carbocycles. The van der Waals surface area contributed by atoms with E-state index in [2.05, 4.69) is 9.88 Å². The SMILES string of the molecule is Nc1cc(C(=O)N2CC[C@](O)(c3ccccc3)[C@H](N3CCCC3)C2)ccn1. The van der Waals surface area contributed by atoms with Gasteiger partial charge >= 0.3 is 0 Å². The first-order chi connectivity index (χ1) is 13.1. The van der Waals surface area contributed by atoms with Gasteiger partial charge < -0.3 is 15.7 Å². The van der Waals surface area contributed by atoms with Gasteiger partial charge in [0, 0.05) is 24.8 Å². The number of aliphatic hydroxyl groups is 1. The summed E-state index contributed by atoms with van der Waals surface area (Å²) in [5.74, 6) is 0.290. The molecule has 6 nitrogen and oxygen atoms in total. The number of likely N-dealkylation sites (tertiary alicyclic amines) is 2. The van der Waals surface area contributed by atoms with Crippen molar-refractivity contribution in [2.24, 2.45) is 0 Å². The normalized spacial score (nSPS) is 26.3. The number of amides is 1. The molecule has 4 rings (SSSR count). The number of aromatic nitrogens is 1. The van der Waals surface area contributed by atoms with Gasteiger partial charge in [-0.25, -0.2) is 4.98 Å². The highest BCUT2D eigenvalue weighted by molar-refractivity contribution is 5.94. The predicted octanol–water partition coefficient (Wildman–Crippen LogP) is 1.86. The van der Waals surface area contributed by atoms with Crippen LogP contribution in [0.4, 0.5) is 5.82 Å². The Morgan fingerprint density at radius 2 is 1.89 bits per heavy atom. The summed E-state index contributed by atoms with van der Waals surface area (Å²) >= 11 is 0. The molecule has 3 heterocycles. The number of hydrogen-bond acceptors (Lipinski definition) is 5. The summed E-state index contributed by atoms with van der Waals surface area (Å²) in [6, 6.07) is 13.1. The molecule has 142 valence electrons. The molecule has 2 aliphatic rings. The molecule has 2 atom stereocenters. The van der Waals surface area contributed by atoms with Crippen molar-refractivity contribution in [3.8, 4) is 0 Å². The summed E-state index contributed by atoms with van der Waals surface area (Å²) in [7, 11) is 0. The number of piperidine rings is 1. The molecule has 1 amide bonds. The highest BCUT2D eigenvalue weighted by Crippen LogP contribution is 2.37. The van der Waals surface area contributed by atoms with E-state index in [1.165, 1.54) is 0 Å². The number of pyridine rings is 1. The van der Waals surface area contributed by atoms with Crippen LogP contribution in [-0.2, 0) is 5.60 Å². The lowest BCUT2D eigenvalue weighted by Gasteiger charge is -2.48. The van der Waals surface area contributed by atoms with Crippen molar-refractivity contribution >= 4 is 11.7 Å². The van der Waals surface area contributed by atoms with Gasteiger partial charge in [-0.1, -0.05) is 30.3 Å². The second-order valence-corrected chi connectivity index (χ2v) is 7.52. The zero-order chi connectivity index (χ0) is 18.9. The molecule has 0 saturated carbocycles. The number of carbonyl (C=O) groups is 1. The van der Waals surface area contributed by atoms with Crippen LogP contribution in [0.1, 0.15) is 35.2 Å². The molecule has 2 fully saturated rings. The maximum Gasteiger partial charge on any atom is 0.254 e. The molecule has 2 aromatic rings. The van der Waals surface area contributed by atoms with Crippen LogP contribution in [0.3, 0.4) is 0 Å². The zero-order valence-corrected chi connectivity index (χ0v) is 15.4. The second-order valence-electron chi connectivity index (χ2n) is 7.52. The van der Waals surface area contributed by atoms with E-state index in [-0.39, 0.29) is 11.9 Å². The lowest BCUT2D eigenvalue weighted by Crippen LogP contribution is -2.61. The number of carbonyl (C=O) groups excluding carboxylic acids is 1. The quantitative estimate of drug-likeness (QED) is 0.866. The number of rotatable bonds is 3. The van der Waals surface area contributed by atoms with Crippen molar-refractivity contribution in [2.75, 3.05) is 31.9 Å². The van der Waals surface area contributed by atoms with Gasteiger partial charge in [0.2, 0.25) is 0 Å². The number of anilines is 1. The fourth-order valence-corrected chi connectivity index (χ4v) is 4.41. The average molecular weight is 366 g/mol. The van der Waals surface area contributed by atoms with E-state index >= 15 is 0 Å². The van der Waals surface area contributed by atoms with Crippen molar-refractivity contribution < 1.29 is 9.90 Å². The van der Waals surface area contributed by atoms with Gasteiger partial charge in [-0.15, -0.1) is 0 Å². The summed E-state index contributed by atoms with van der Waals surface area (Å²) in [4.78, 5) is 21.2. The smallest absolute Gasteiger partial charge is 0.254 e. The van der Waals surface area contributed by atoms with Gasteiger partial charge in [-0.05, 0) is 50.0 Å². The van der Waals surface area contributed by atoms with E-state index < -0.39 is 5.60 Å². The van der Waals surface area contributed by atoms with Crippen molar-refractivity contribution in [3.05, 3.63) is 59.8 Å². The van der Waals surface area contributed by atoms with Crippen molar-refractivity contribution in [1.29, 1.82) is 0 Å². The largest absolute Gasteiger partial charge is 0.384 e. The summed E-state index contributed by atoms with van der Waals surface area (Å²) < 4.78 is 0. The van der Waals surface area contributed by atoms with Gasteiger partial charge in [0.25, 0.3) is 5.91 Å². The monoisotopic (exact) mass is 366 g/mol. The molecule has 27 heavy (non-hydrogen) atoms. The van der Waals surface area contributed by atoms with E-state index in [1.54, 1.807) is 18.3 Å². The Bertz CT molecular complexity index is 807. The zero-order valence-electron chi connectivity index (χ0n) is 15.4. The van der Waals surface area contributed by atoms with Crippen LogP contribution >= 0.6 is 0 Å². The van der Waals surface area contributed by atoms with E-state index in [0.29, 0.717) is 30.9 Å². The number of nitrogens with zero attached hydrogens (tertiary/aromatic N) is 3. The second kappa shape index (κ2) is 7.29. The topological polar surface area (TPSA) is 82.7 Å². The number of hydrogen-bond donors (Lipinski definition) is 2. The molecule has 0 spiro atoms. The lowest BCUT2D eigenvalue weighted by atomic mass is 9.79. The first kappa shape index (κ1) is 17.9. The van der Waals surface area contributed by atoms with Gasteiger partial charge in [0.15, 0.2) is 0 Å². The number of benzene rings is 1. The van der Waals surface area contributed by atoms with Gasteiger partial charge in [0.1, 0.15) is 11.4 Å². The molecule has 0 radical (unpaired) electrons. The van der Waals surface area contributed by atoms with Crippen molar-refractivity contribution in [2.45, 2.75) is 30.9 Å². The summed E-state index contributed by atoms with van der Waals surface area (Å²) in [5.41, 5.74) is 6.28. The third kappa shape index (κ3) is 3.42. The Morgan fingerprint density at radius 1 is 1.15 bits per heavy atom. The maximum absolute atomic E-state index is 13.0. The fourth-order valence-electron chi connectivity index (χ4n) is 4.41. The highest BCUT2D eigenvalue weighted by atomic mass is 16.3. The molecule has 1 aromatic carbocycles. The molecule has 3 N–H and O–H groups in total. The Balaban J connectivity index is 1.62. The van der Waals surface area contributed by atoms with Crippen LogP contribution in [0.5, 0.6) is 0 Å². The molecular formula is C21H26N4O2. The Kier molecular flexibility index (Phi) is 4.85. The molecule has 6 heteroatoms. The molecule has 2 aliphatic heterocycles. The van der Waals surface area contributed by atoms with Gasteiger partial charge in [-0.2, -0.15) is 0 Å². The molecular weight excluding hydrogens is 340 g/mol. The van der Waals surface area contributed by atoms with Crippen molar-refractivity contribution in [3.63, 3.8) is 0 Å². The minimum Gasteiger partial charge on any atom is -0.384 e. The van der Waals surface area contributed by atoms with E-state index in [1.807, 2.05) is 35.2 Å². The Hall–Kier alpha value is -2.44. The minimum absolute atomic E-state index is 0.0524. The molecule has 1 aromatic heterocycles. The average Bonchev–Trinajstić information content (AvgIpc) is 3.23. The van der Waals surface area contributed by atoms with Gasteiger partial charge in [-0.3, -0.25) is 9.69 Å². The number of nitrogen functional groups attached to an aromatic ring is 1. The molecule has 2 saturated heterocycles. The number of nitrogens with two attached hydrogens (primary N) is 1. The highest BCUT2D eigenvalue weighted by Gasteiger charge is 2.47. The van der Waals surface area contributed by atoms with Crippen LogP contribution in [0.25, 0.3) is 0 Å². The first-order valence-electron chi connectivity index (χ1n) is 9.61. The van der Waals surface area contributed by atoms with Gasteiger partial charge in [0.05, 0.1) is 6.04 Å². The minimum atomic E-state index is -0.945. The van der Waals surface area contributed by atoms with Crippen LogP contribution in [-0.4, -0.2) is 58.0 Å². The summed E-state index contributed by atoms with van der Waals surface area (Å²) in [6.45, 7) is 2.94. The van der Waals surface area contributed by atoms with Crippen LogP contribution in [0, 0.1) is 0 Å². The first-order valence-corrected chi connectivity index (χ1v) is 9.61. The van der Waals surface area contributed by atoms with Crippen LogP contribution < -0.4 is 5.73 Å². The molecule has 0 bridgehead atoms. The lowest BCUT2D eigenvalue weighted by molar-refractivity contribution is -0.0878. The Morgan fingerprint density at radius 3 is 2.59 bits per heavy atom. The molecule has 0 unspecified atom stereocenters. The maximum atomic E-state index is 13.0. The van der Waals surface area contributed by atoms with E-state index in [0.717, 1.165) is 31.5 Å². The standard InChI is InChI=1S/C21H26N4O2/c22-19-14-16(8-10-23-19)20(26)25-13-9-21(27,17-6-2-1-3-7-17)18(15-25)24-11-4-5-12-24/h1-3,6-8,10,14,18,27H,4-5,9,11-13,15H2,(H2,22,23)/t18-,21+/m1/s1. The van der Waals surface area contributed by atoms with E-state index in [9.17, 15) is 9.90 Å². The van der Waals surface area contributed by atoms with Crippen LogP contribution in [0.2, 0.25) is 0 Å². The fraction of sp³-hybridized carbons (Fsp3) is 0.429. The third-order valence-corrected chi connectivity index (χ3v) is 5.88. The third-order valence-electron chi connectivity index (χ3n) is 5.88. The Labute approximate surface area is 159 Å². The van der Waals surface area contributed by atoms with E-state index in [4.69, 9.17) is 5.73 Å². The predicted molar refractivity (Wildman–Crippen MR) is 104 cm³/mol. The summed E-state index contributed by atoms with van der Waals surface area (Å²) in [6.07, 6.45) is 4.35.